The Bertz CT molecular complexity index is 782. The van der Waals surface area contributed by atoms with Gasteiger partial charge in [0.25, 0.3) is 5.56 Å². The molecule has 0 aliphatic carbocycles. The number of rotatable bonds is 3. The highest BCUT2D eigenvalue weighted by Gasteiger charge is 2.20. The lowest BCUT2D eigenvalue weighted by atomic mass is 10.1. The van der Waals surface area contributed by atoms with Gasteiger partial charge < -0.3 is 4.74 Å². The number of nitrogens with one attached hydrogen (secondary N) is 1. The van der Waals surface area contributed by atoms with Gasteiger partial charge in [0.15, 0.2) is 0 Å². The summed E-state index contributed by atoms with van der Waals surface area (Å²) in [6.45, 7) is 5.46. The molecule has 0 aliphatic rings. The third kappa shape index (κ3) is 3.52. The van der Waals surface area contributed by atoms with Gasteiger partial charge in [-0.25, -0.2) is 9.59 Å². The number of H-pyrrole nitrogens is 1. The van der Waals surface area contributed by atoms with E-state index in [1.54, 1.807) is 20.8 Å². The number of hydrogen-bond donors (Lipinski definition) is 1. The Morgan fingerprint density at radius 3 is 2.41 bits per heavy atom. The fourth-order valence-corrected chi connectivity index (χ4v) is 1.92. The van der Waals surface area contributed by atoms with Crippen molar-refractivity contribution in [2.75, 3.05) is 0 Å². The number of aromatic amines is 1. The first kappa shape index (κ1) is 15.8. The molecule has 116 valence electrons. The van der Waals surface area contributed by atoms with Gasteiger partial charge in [-0.2, -0.15) is 0 Å². The number of nitrogens with zero attached hydrogens (tertiary/aromatic N) is 1. The van der Waals surface area contributed by atoms with E-state index in [1.807, 2.05) is 30.3 Å². The predicted octanol–water partition coefficient (Wildman–Crippen LogP) is 1.65. The Balaban J connectivity index is 2.26. The molecule has 6 nitrogen and oxygen atoms in total. The summed E-state index contributed by atoms with van der Waals surface area (Å²) in [7, 11) is 0. The van der Waals surface area contributed by atoms with Gasteiger partial charge in [0.05, 0.1) is 0 Å². The predicted molar refractivity (Wildman–Crippen MR) is 81.9 cm³/mol. The maximum Gasteiger partial charge on any atom is 0.345 e. The molecule has 0 fully saturated rings. The molecule has 1 heterocycles. The van der Waals surface area contributed by atoms with Crippen LogP contribution in [0.1, 0.15) is 36.7 Å². The molecule has 0 saturated heterocycles. The zero-order valence-electron chi connectivity index (χ0n) is 12.8. The first-order valence-electron chi connectivity index (χ1n) is 6.86. The van der Waals surface area contributed by atoms with Crippen molar-refractivity contribution in [3.8, 4) is 0 Å². The van der Waals surface area contributed by atoms with E-state index in [2.05, 4.69) is 4.98 Å². The highest BCUT2D eigenvalue weighted by molar-refractivity contribution is 5.88. The minimum Gasteiger partial charge on any atom is -0.457 e. The summed E-state index contributed by atoms with van der Waals surface area (Å²) in [6.07, 6.45) is 1.24. The molecule has 1 aromatic carbocycles. The molecule has 0 amide bonds. The lowest BCUT2D eigenvalue weighted by Crippen LogP contribution is -2.40. The summed E-state index contributed by atoms with van der Waals surface area (Å²) in [5, 5.41) is 0. The average Bonchev–Trinajstić information content (AvgIpc) is 2.44. The van der Waals surface area contributed by atoms with E-state index in [0.717, 1.165) is 5.56 Å². The SMILES string of the molecule is CC(C)(C)n1cc(C(=O)OCc2ccccc2)c(=O)[nH]c1=O. The number of carbonyl (C=O) groups excluding carboxylic acids is 1. The van der Waals surface area contributed by atoms with Crippen molar-refractivity contribution in [1.29, 1.82) is 0 Å². The summed E-state index contributed by atoms with van der Waals surface area (Å²) >= 11 is 0. The molecular formula is C16H18N2O4. The van der Waals surface area contributed by atoms with Crippen LogP contribution in [0.15, 0.2) is 46.1 Å². The van der Waals surface area contributed by atoms with Gasteiger partial charge in [0, 0.05) is 11.7 Å². The van der Waals surface area contributed by atoms with Crippen LogP contribution in [-0.4, -0.2) is 15.5 Å². The van der Waals surface area contributed by atoms with Crippen LogP contribution in [0.4, 0.5) is 0 Å². The topological polar surface area (TPSA) is 81.2 Å². The molecule has 0 atom stereocenters. The van der Waals surface area contributed by atoms with Crippen LogP contribution >= 0.6 is 0 Å². The smallest absolute Gasteiger partial charge is 0.345 e. The molecule has 1 N–H and O–H groups in total. The van der Waals surface area contributed by atoms with Crippen molar-refractivity contribution in [3.63, 3.8) is 0 Å². The van der Waals surface area contributed by atoms with Crippen molar-refractivity contribution >= 4 is 5.97 Å². The molecule has 22 heavy (non-hydrogen) atoms. The van der Waals surface area contributed by atoms with Crippen LogP contribution in [0.2, 0.25) is 0 Å². The summed E-state index contributed by atoms with van der Waals surface area (Å²) < 4.78 is 6.43. The van der Waals surface area contributed by atoms with Crippen molar-refractivity contribution < 1.29 is 9.53 Å². The van der Waals surface area contributed by atoms with Gasteiger partial charge >= 0.3 is 11.7 Å². The van der Waals surface area contributed by atoms with Crippen molar-refractivity contribution in [3.05, 3.63) is 68.5 Å². The summed E-state index contributed by atoms with van der Waals surface area (Å²) in [4.78, 5) is 37.8. The van der Waals surface area contributed by atoms with E-state index in [0.29, 0.717) is 0 Å². The minimum atomic E-state index is -0.761. The van der Waals surface area contributed by atoms with E-state index in [9.17, 15) is 14.4 Å². The third-order valence-electron chi connectivity index (χ3n) is 3.10. The van der Waals surface area contributed by atoms with E-state index in [-0.39, 0.29) is 12.2 Å². The number of esters is 1. The van der Waals surface area contributed by atoms with E-state index < -0.39 is 22.8 Å². The maximum atomic E-state index is 12.1. The maximum absolute atomic E-state index is 12.1. The van der Waals surface area contributed by atoms with Crippen LogP contribution in [0.3, 0.4) is 0 Å². The fourth-order valence-electron chi connectivity index (χ4n) is 1.92. The molecule has 0 aliphatic heterocycles. The van der Waals surface area contributed by atoms with Gasteiger partial charge in [0.2, 0.25) is 0 Å². The normalized spacial score (nSPS) is 11.2. The van der Waals surface area contributed by atoms with Gasteiger partial charge in [0.1, 0.15) is 12.2 Å². The minimum absolute atomic E-state index is 0.0633. The molecule has 1 aromatic heterocycles. The van der Waals surface area contributed by atoms with Crippen LogP contribution in [0.5, 0.6) is 0 Å². The number of aromatic nitrogens is 2. The molecular weight excluding hydrogens is 284 g/mol. The molecule has 0 saturated carbocycles. The standard InChI is InChI=1S/C16H18N2O4/c1-16(2,3)18-9-12(13(19)17-15(18)21)14(20)22-10-11-7-5-4-6-8-11/h4-9H,10H2,1-3H3,(H,17,19,21). The summed E-state index contributed by atoms with van der Waals surface area (Å²) in [5.41, 5.74) is -1.24. The summed E-state index contributed by atoms with van der Waals surface area (Å²) in [5.74, 6) is -0.761. The van der Waals surface area contributed by atoms with E-state index in [4.69, 9.17) is 4.74 Å². The molecule has 0 radical (unpaired) electrons. The second kappa shape index (κ2) is 6.01. The number of benzene rings is 1. The number of ether oxygens (including phenoxy) is 1. The first-order valence-corrected chi connectivity index (χ1v) is 6.86. The Kier molecular flexibility index (Phi) is 4.30. The quantitative estimate of drug-likeness (QED) is 0.874. The largest absolute Gasteiger partial charge is 0.457 e. The molecule has 0 bridgehead atoms. The Morgan fingerprint density at radius 2 is 1.82 bits per heavy atom. The lowest BCUT2D eigenvalue weighted by Gasteiger charge is -2.21. The highest BCUT2D eigenvalue weighted by atomic mass is 16.5. The monoisotopic (exact) mass is 302 g/mol. The average molecular weight is 302 g/mol. The van der Waals surface area contributed by atoms with Crippen molar-refractivity contribution in [2.24, 2.45) is 0 Å². The third-order valence-corrected chi connectivity index (χ3v) is 3.10. The zero-order valence-corrected chi connectivity index (χ0v) is 12.8. The highest BCUT2D eigenvalue weighted by Crippen LogP contribution is 2.10. The van der Waals surface area contributed by atoms with E-state index in [1.165, 1.54) is 10.8 Å². The van der Waals surface area contributed by atoms with E-state index >= 15 is 0 Å². The number of carbonyl (C=O) groups is 1. The Labute approximate surface area is 127 Å². The van der Waals surface area contributed by atoms with Crippen LogP contribution < -0.4 is 11.2 Å². The first-order chi connectivity index (χ1) is 10.3. The Hall–Kier alpha value is -2.63. The van der Waals surface area contributed by atoms with Crippen LogP contribution in [0, 0.1) is 0 Å². The molecule has 0 spiro atoms. The second-order valence-corrected chi connectivity index (χ2v) is 5.90. The zero-order chi connectivity index (χ0) is 16.3. The van der Waals surface area contributed by atoms with Gasteiger partial charge in [-0.1, -0.05) is 30.3 Å². The summed E-state index contributed by atoms with van der Waals surface area (Å²) in [6, 6.07) is 9.14. The molecule has 2 aromatic rings. The lowest BCUT2D eigenvalue weighted by molar-refractivity contribution is 0.0468. The second-order valence-electron chi connectivity index (χ2n) is 5.90. The van der Waals surface area contributed by atoms with Gasteiger partial charge in [-0.15, -0.1) is 0 Å². The van der Waals surface area contributed by atoms with Crippen LogP contribution in [0.25, 0.3) is 0 Å². The van der Waals surface area contributed by atoms with Crippen LogP contribution in [-0.2, 0) is 16.9 Å². The van der Waals surface area contributed by atoms with Crippen molar-refractivity contribution in [1.82, 2.24) is 9.55 Å². The molecule has 2 rings (SSSR count). The molecule has 6 heteroatoms. The molecule has 0 unspecified atom stereocenters. The van der Waals surface area contributed by atoms with Gasteiger partial charge in [-0.05, 0) is 26.3 Å². The number of hydrogen-bond acceptors (Lipinski definition) is 4. The fraction of sp³-hybridized carbons (Fsp3) is 0.312. The Morgan fingerprint density at radius 1 is 1.18 bits per heavy atom. The van der Waals surface area contributed by atoms with Gasteiger partial charge in [-0.3, -0.25) is 14.3 Å². The van der Waals surface area contributed by atoms with Crippen molar-refractivity contribution in [2.45, 2.75) is 32.9 Å².